The predicted octanol–water partition coefficient (Wildman–Crippen LogP) is 1.85. The molecule has 0 bridgehead atoms. The highest BCUT2D eigenvalue weighted by Gasteiger charge is 2.24. The molecule has 3 nitrogen and oxygen atoms in total. The van der Waals surface area contributed by atoms with Crippen molar-refractivity contribution in [2.75, 3.05) is 13.6 Å². The van der Waals surface area contributed by atoms with Gasteiger partial charge >= 0.3 is 0 Å². The van der Waals surface area contributed by atoms with Crippen molar-refractivity contribution in [2.45, 2.75) is 45.6 Å². The summed E-state index contributed by atoms with van der Waals surface area (Å²) in [6.45, 7) is 6.61. The van der Waals surface area contributed by atoms with Crippen LogP contribution in [0.5, 0.6) is 0 Å². The molecule has 0 saturated carbocycles. The van der Waals surface area contributed by atoms with E-state index in [1.165, 1.54) is 30.1 Å². The molecule has 1 aliphatic heterocycles. The molecule has 0 fully saturated rings. The zero-order chi connectivity index (χ0) is 10.8. The van der Waals surface area contributed by atoms with E-state index >= 15 is 0 Å². The van der Waals surface area contributed by atoms with Gasteiger partial charge in [-0.2, -0.15) is 0 Å². The van der Waals surface area contributed by atoms with Crippen molar-refractivity contribution in [3.8, 4) is 0 Å². The Hall–Kier alpha value is -0.830. The average molecular weight is 207 g/mol. The largest absolute Gasteiger partial charge is 0.332 e. The molecule has 1 aromatic rings. The molecule has 0 aliphatic carbocycles. The van der Waals surface area contributed by atoms with E-state index < -0.39 is 0 Å². The number of hydrogen-bond donors (Lipinski definition) is 1. The maximum absolute atomic E-state index is 4.79. The van der Waals surface area contributed by atoms with Gasteiger partial charge in [-0.15, -0.1) is 0 Å². The number of aryl methyl sites for hydroxylation is 1. The van der Waals surface area contributed by atoms with Crippen LogP contribution >= 0.6 is 0 Å². The van der Waals surface area contributed by atoms with Gasteiger partial charge in [-0.1, -0.05) is 6.92 Å². The van der Waals surface area contributed by atoms with E-state index in [2.05, 4.69) is 23.7 Å². The maximum atomic E-state index is 4.79. The Morgan fingerprint density at radius 1 is 1.53 bits per heavy atom. The first-order valence-corrected chi connectivity index (χ1v) is 5.98. The van der Waals surface area contributed by atoms with Crippen LogP contribution in [0, 0.1) is 6.92 Å². The lowest BCUT2D eigenvalue weighted by Gasteiger charge is -2.23. The highest BCUT2D eigenvalue weighted by Crippen LogP contribution is 2.28. The van der Waals surface area contributed by atoms with Crippen molar-refractivity contribution in [2.24, 2.45) is 0 Å². The molecule has 15 heavy (non-hydrogen) atoms. The van der Waals surface area contributed by atoms with Gasteiger partial charge in [0, 0.05) is 24.7 Å². The molecule has 84 valence electrons. The summed E-state index contributed by atoms with van der Waals surface area (Å²) in [7, 11) is 2.02. The summed E-state index contributed by atoms with van der Waals surface area (Å²) in [6.07, 6.45) is 3.62. The molecule has 1 atom stereocenters. The molecule has 1 unspecified atom stereocenters. The number of aromatic nitrogens is 2. The van der Waals surface area contributed by atoms with Crippen molar-refractivity contribution in [3.05, 3.63) is 17.2 Å². The molecule has 3 heteroatoms. The summed E-state index contributed by atoms with van der Waals surface area (Å²) in [6, 6.07) is 0. The van der Waals surface area contributed by atoms with Crippen LogP contribution in [0.2, 0.25) is 0 Å². The Kier molecular flexibility index (Phi) is 3.10. The fourth-order valence-electron chi connectivity index (χ4n) is 2.60. The van der Waals surface area contributed by atoms with E-state index in [-0.39, 0.29) is 0 Å². The van der Waals surface area contributed by atoms with Crippen molar-refractivity contribution in [1.82, 2.24) is 14.9 Å². The summed E-state index contributed by atoms with van der Waals surface area (Å²) < 4.78 is 2.42. The smallest absolute Gasteiger partial charge is 0.113 e. The minimum Gasteiger partial charge on any atom is -0.332 e. The van der Waals surface area contributed by atoms with Gasteiger partial charge in [-0.3, -0.25) is 0 Å². The Morgan fingerprint density at radius 2 is 2.33 bits per heavy atom. The second-order valence-electron chi connectivity index (χ2n) is 4.40. The van der Waals surface area contributed by atoms with E-state index in [9.17, 15) is 0 Å². The molecular weight excluding hydrogens is 186 g/mol. The molecule has 1 aromatic heterocycles. The van der Waals surface area contributed by atoms with Crippen molar-refractivity contribution < 1.29 is 0 Å². The summed E-state index contributed by atoms with van der Waals surface area (Å²) in [5, 5.41) is 3.27. The van der Waals surface area contributed by atoms with Crippen LogP contribution in [-0.4, -0.2) is 23.1 Å². The number of imidazole rings is 1. The average Bonchev–Trinajstić information content (AvgIpc) is 2.58. The van der Waals surface area contributed by atoms with Crippen molar-refractivity contribution >= 4 is 0 Å². The first kappa shape index (κ1) is 10.7. The lowest BCUT2D eigenvalue weighted by Crippen LogP contribution is -2.24. The van der Waals surface area contributed by atoms with Crippen LogP contribution in [0.4, 0.5) is 0 Å². The van der Waals surface area contributed by atoms with Crippen LogP contribution in [0.25, 0.3) is 0 Å². The molecular formula is C12H21N3. The number of hydrogen-bond acceptors (Lipinski definition) is 2. The Morgan fingerprint density at radius 3 is 3.00 bits per heavy atom. The maximum Gasteiger partial charge on any atom is 0.113 e. The predicted molar refractivity (Wildman–Crippen MR) is 62.2 cm³/mol. The molecule has 2 rings (SSSR count). The van der Waals surface area contributed by atoms with E-state index in [1.54, 1.807) is 0 Å². The molecule has 0 saturated heterocycles. The first-order chi connectivity index (χ1) is 7.27. The molecule has 2 heterocycles. The molecule has 0 aromatic carbocycles. The third-order valence-corrected chi connectivity index (χ3v) is 3.43. The molecule has 0 radical (unpaired) electrons. The zero-order valence-electron chi connectivity index (χ0n) is 10.0. The van der Waals surface area contributed by atoms with Gasteiger partial charge in [0.05, 0.1) is 5.69 Å². The highest BCUT2D eigenvalue weighted by atomic mass is 15.1. The number of likely N-dealkylation sites (N-methyl/N-ethyl adjacent to an activating group) is 1. The van der Waals surface area contributed by atoms with Crippen LogP contribution in [0.1, 0.15) is 42.9 Å². The normalized spacial score (nSPS) is 20.3. The van der Waals surface area contributed by atoms with Crippen LogP contribution in [-0.2, 0) is 13.0 Å². The number of nitrogens with one attached hydrogen (secondary N) is 1. The highest BCUT2D eigenvalue weighted by molar-refractivity contribution is 5.19. The quantitative estimate of drug-likeness (QED) is 0.819. The van der Waals surface area contributed by atoms with Gasteiger partial charge in [0.1, 0.15) is 5.82 Å². The number of fused-ring (bicyclic) bond motifs is 1. The van der Waals surface area contributed by atoms with E-state index in [0.29, 0.717) is 5.92 Å². The summed E-state index contributed by atoms with van der Waals surface area (Å²) in [5.74, 6) is 1.92. The molecule has 0 amide bonds. The SMILES string of the molecule is CCc1nc2n(c1C)CCCC2CNC. The topological polar surface area (TPSA) is 29.9 Å². The van der Waals surface area contributed by atoms with Gasteiger partial charge in [0.2, 0.25) is 0 Å². The fourth-order valence-corrected chi connectivity index (χ4v) is 2.60. The molecule has 0 spiro atoms. The van der Waals surface area contributed by atoms with Gasteiger partial charge in [0.15, 0.2) is 0 Å². The second-order valence-corrected chi connectivity index (χ2v) is 4.40. The minimum atomic E-state index is 0.614. The van der Waals surface area contributed by atoms with E-state index in [4.69, 9.17) is 4.98 Å². The second kappa shape index (κ2) is 4.35. The van der Waals surface area contributed by atoms with Gasteiger partial charge in [0.25, 0.3) is 0 Å². The number of nitrogens with zero attached hydrogens (tertiary/aromatic N) is 2. The van der Waals surface area contributed by atoms with Gasteiger partial charge in [-0.05, 0) is 33.2 Å². The third kappa shape index (κ3) is 1.81. The molecule has 1 N–H and O–H groups in total. The standard InChI is InChI=1S/C12H21N3/c1-4-11-9(2)15-7-5-6-10(8-13-3)12(15)14-11/h10,13H,4-8H2,1-3H3. The first-order valence-electron chi connectivity index (χ1n) is 5.98. The Bertz CT molecular complexity index is 341. The molecule has 1 aliphatic rings. The zero-order valence-corrected chi connectivity index (χ0v) is 10.0. The van der Waals surface area contributed by atoms with Crippen molar-refractivity contribution in [1.29, 1.82) is 0 Å². The summed E-state index contributed by atoms with van der Waals surface area (Å²) >= 11 is 0. The minimum absolute atomic E-state index is 0.614. The van der Waals surface area contributed by atoms with E-state index in [0.717, 1.165) is 19.5 Å². The number of rotatable bonds is 3. The summed E-state index contributed by atoms with van der Waals surface area (Å²) in [4.78, 5) is 4.79. The Balaban J connectivity index is 2.34. The van der Waals surface area contributed by atoms with Crippen LogP contribution in [0.15, 0.2) is 0 Å². The van der Waals surface area contributed by atoms with Crippen molar-refractivity contribution in [3.63, 3.8) is 0 Å². The van der Waals surface area contributed by atoms with Crippen LogP contribution < -0.4 is 5.32 Å². The van der Waals surface area contributed by atoms with Gasteiger partial charge < -0.3 is 9.88 Å². The lowest BCUT2D eigenvalue weighted by molar-refractivity contribution is 0.428. The fraction of sp³-hybridized carbons (Fsp3) is 0.750. The summed E-state index contributed by atoms with van der Waals surface area (Å²) in [5.41, 5.74) is 2.67. The van der Waals surface area contributed by atoms with Crippen LogP contribution in [0.3, 0.4) is 0 Å². The lowest BCUT2D eigenvalue weighted by atomic mass is 9.99. The van der Waals surface area contributed by atoms with E-state index in [1.807, 2.05) is 7.05 Å². The Labute approximate surface area is 91.9 Å². The monoisotopic (exact) mass is 207 g/mol. The van der Waals surface area contributed by atoms with Gasteiger partial charge in [-0.25, -0.2) is 4.98 Å². The third-order valence-electron chi connectivity index (χ3n) is 3.43.